The highest BCUT2D eigenvalue weighted by molar-refractivity contribution is 5.90. The van der Waals surface area contributed by atoms with Gasteiger partial charge in [0.15, 0.2) is 0 Å². The van der Waals surface area contributed by atoms with Crippen LogP contribution in [0.25, 0.3) is 10.9 Å². The molecular formula is C26H27N3. The summed E-state index contributed by atoms with van der Waals surface area (Å²) in [6.45, 7) is 7.69. The number of benzene rings is 3. The van der Waals surface area contributed by atoms with Gasteiger partial charge in [0.05, 0.1) is 23.6 Å². The van der Waals surface area contributed by atoms with Crippen LogP contribution in [0.4, 0.5) is 17.2 Å². The van der Waals surface area contributed by atoms with Gasteiger partial charge in [0.25, 0.3) is 0 Å². The minimum absolute atomic E-state index is 0.124. The Labute approximate surface area is 172 Å². The van der Waals surface area contributed by atoms with Crippen molar-refractivity contribution >= 4 is 28.1 Å². The lowest BCUT2D eigenvalue weighted by Crippen LogP contribution is -2.43. The van der Waals surface area contributed by atoms with Crippen molar-refractivity contribution in [3.63, 3.8) is 0 Å². The lowest BCUT2D eigenvalue weighted by molar-refractivity contribution is 0.491. The molecule has 1 aromatic heterocycles. The Balaban J connectivity index is 1.64. The maximum absolute atomic E-state index is 2.53. The van der Waals surface area contributed by atoms with Gasteiger partial charge in [0, 0.05) is 18.0 Å². The zero-order valence-corrected chi connectivity index (χ0v) is 17.6. The van der Waals surface area contributed by atoms with Crippen molar-refractivity contribution in [3.05, 3.63) is 90.0 Å². The Bertz CT molecular complexity index is 1200. The van der Waals surface area contributed by atoms with Crippen molar-refractivity contribution in [2.24, 2.45) is 7.05 Å². The lowest BCUT2D eigenvalue weighted by atomic mass is 9.88. The van der Waals surface area contributed by atoms with Gasteiger partial charge in [-0.3, -0.25) is 0 Å². The Morgan fingerprint density at radius 3 is 2.21 bits per heavy atom. The van der Waals surface area contributed by atoms with Gasteiger partial charge in [-0.25, -0.2) is 0 Å². The number of hydrogen-bond acceptors (Lipinski definition) is 2. The summed E-state index contributed by atoms with van der Waals surface area (Å²) in [5, 5.41) is 1.28. The largest absolute Gasteiger partial charge is 0.342 e. The van der Waals surface area contributed by atoms with Gasteiger partial charge in [-0.1, -0.05) is 54.6 Å². The predicted molar refractivity (Wildman–Crippen MR) is 123 cm³/mol. The predicted octanol–water partition coefficient (Wildman–Crippen LogP) is 6.34. The minimum atomic E-state index is -0.124. The summed E-state index contributed by atoms with van der Waals surface area (Å²) in [6.07, 6.45) is 0. The second-order valence-corrected chi connectivity index (χ2v) is 8.48. The molecule has 0 amide bonds. The van der Waals surface area contributed by atoms with Crippen molar-refractivity contribution in [3.8, 4) is 0 Å². The molecule has 0 unspecified atom stereocenters. The average Bonchev–Trinajstić information content (AvgIpc) is 3.27. The summed E-state index contributed by atoms with van der Waals surface area (Å²) < 4.78 is 2.30. The Morgan fingerprint density at radius 1 is 0.793 bits per heavy atom. The Morgan fingerprint density at radius 2 is 1.45 bits per heavy atom. The number of para-hydroxylation sites is 3. The SMILES string of the molecule is Cc1ccccc1C(C)(C)N1CN(c2cc3ccccc3n2C)c2ccccc21. The molecule has 3 aromatic carbocycles. The van der Waals surface area contributed by atoms with E-state index < -0.39 is 0 Å². The van der Waals surface area contributed by atoms with Crippen molar-refractivity contribution in [2.75, 3.05) is 16.5 Å². The van der Waals surface area contributed by atoms with E-state index in [-0.39, 0.29) is 5.54 Å². The molecule has 1 aliphatic heterocycles. The van der Waals surface area contributed by atoms with Gasteiger partial charge in [0.1, 0.15) is 5.82 Å². The highest BCUT2D eigenvalue weighted by Gasteiger charge is 2.38. The molecule has 0 saturated carbocycles. The number of hydrogen-bond donors (Lipinski definition) is 0. The maximum atomic E-state index is 2.53. The third-order valence-electron chi connectivity index (χ3n) is 6.43. The third kappa shape index (κ3) is 2.65. The average molecular weight is 382 g/mol. The first-order valence-corrected chi connectivity index (χ1v) is 10.2. The van der Waals surface area contributed by atoms with Gasteiger partial charge in [-0.2, -0.15) is 0 Å². The molecule has 0 radical (unpaired) electrons. The number of nitrogens with zero attached hydrogens (tertiary/aromatic N) is 3. The number of aromatic nitrogens is 1. The quantitative estimate of drug-likeness (QED) is 0.410. The van der Waals surface area contributed by atoms with Gasteiger partial charge >= 0.3 is 0 Å². The fourth-order valence-electron chi connectivity index (χ4n) is 4.83. The van der Waals surface area contributed by atoms with Crippen molar-refractivity contribution in [1.82, 2.24) is 4.57 Å². The molecule has 0 bridgehead atoms. The van der Waals surface area contributed by atoms with Crippen LogP contribution >= 0.6 is 0 Å². The van der Waals surface area contributed by atoms with Crippen molar-refractivity contribution in [1.29, 1.82) is 0 Å². The van der Waals surface area contributed by atoms with Gasteiger partial charge in [0.2, 0.25) is 0 Å². The summed E-state index contributed by atoms with van der Waals surface area (Å²) in [6, 6.07) is 28.4. The number of fused-ring (bicyclic) bond motifs is 2. The van der Waals surface area contributed by atoms with Crippen LogP contribution in [0.15, 0.2) is 78.9 Å². The number of anilines is 3. The number of rotatable bonds is 3. The normalized spacial score (nSPS) is 13.9. The highest BCUT2D eigenvalue weighted by Crippen LogP contribution is 2.47. The van der Waals surface area contributed by atoms with E-state index in [1.165, 1.54) is 39.2 Å². The lowest BCUT2D eigenvalue weighted by Gasteiger charge is -2.39. The van der Waals surface area contributed by atoms with Crippen LogP contribution in [0.1, 0.15) is 25.0 Å². The monoisotopic (exact) mass is 381 g/mol. The minimum Gasteiger partial charge on any atom is -0.342 e. The van der Waals surface area contributed by atoms with E-state index in [1.54, 1.807) is 0 Å². The van der Waals surface area contributed by atoms with E-state index in [0.717, 1.165) is 6.67 Å². The smallest absolute Gasteiger partial charge is 0.115 e. The van der Waals surface area contributed by atoms with Crippen LogP contribution in [0.5, 0.6) is 0 Å². The molecule has 3 heteroatoms. The first-order chi connectivity index (χ1) is 14.0. The summed E-state index contributed by atoms with van der Waals surface area (Å²) in [5.74, 6) is 1.22. The van der Waals surface area contributed by atoms with E-state index in [0.29, 0.717) is 0 Å². The fraction of sp³-hybridized carbons (Fsp3) is 0.231. The molecule has 0 spiro atoms. The van der Waals surface area contributed by atoms with E-state index in [1.807, 2.05) is 0 Å². The molecular weight excluding hydrogens is 354 g/mol. The summed E-state index contributed by atoms with van der Waals surface area (Å²) >= 11 is 0. The highest BCUT2D eigenvalue weighted by atomic mass is 15.4. The molecule has 29 heavy (non-hydrogen) atoms. The van der Waals surface area contributed by atoms with Crippen molar-refractivity contribution < 1.29 is 0 Å². The maximum Gasteiger partial charge on any atom is 0.115 e. The van der Waals surface area contributed by atoms with Crippen LogP contribution in [-0.4, -0.2) is 11.2 Å². The summed E-state index contributed by atoms with van der Waals surface area (Å²) in [7, 11) is 2.16. The third-order valence-corrected chi connectivity index (χ3v) is 6.43. The first-order valence-electron chi connectivity index (χ1n) is 10.2. The zero-order valence-electron chi connectivity index (χ0n) is 17.6. The van der Waals surface area contributed by atoms with E-state index in [2.05, 4.69) is 121 Å². The topological polar surface area (TPSA) is 11.4 Å². The Kier molecular flexibility index (Phi) is 3.95. The van der Waals surface area contributed by atoms with Crippen LogP contribution in [0, 0.1) is 6.92 Å². The molecule has 0 saturated heterocycles. The second-order valence-electron chi connectivity index (χ2n) is 8.48. The number of aryl methyl sites for hydroxylation is 2. The molecule has 146 valence electrons. The summed E-state index contributed by atoms with van der Waals surface area (Å²) in [5.41, 5.74) is 6.38. The van der Waals surface area contributed by atoms with Crippen LogP contribution in [0.3, 0.4) is 0 Å². The zero-order chi connectivity index (χ0) is 20.2. The molecule has 3 nitrogen and oxygen atoms in total. The molecule has 0 aliphatic carbocycles. The van der Waals surface area contributed by atoms with Crippen LogP contribution in [-0.2, 0) is 12.6 Å². The Hall–Kier alpha value is -3.20. The fourth-order valence-corrected chi connectivity index (χ4v) is 4.83. The molecule has 5 rings (SSSR count). The molecule has 0 N–H and O–H groups in total. The molecule has 0 fully saturated rings. The van der Waals surface area contributed by atoms with Crippen LogP contribution in [0.2, 0.25) is 0 Å². The summed E-state index contributed by atoms with van der Waals surface area (Å²) in [4.78, 5) is 4.97. The first kappa shape index (κ1) is 17.9. The van der Waals surface area contributed by atoms with E-state index in [4.69, 9.17) is 0 Å². The molecule has 4 aromatic rings. The van der Waals surface area contributed by atoms with Gasteiger partial charge in [-0.15, -0.1) is 0 Å². The molecule has 2 heterocycles. The van der Waals surface area contributed by atoms with Gasteiger partial charge < -0.3 is 14.4 Å². The molecule has 1 aliphatic rings. The van der Waals surface area contributed by atoms with Gasteiger partial charge in [-0.05, 0) is 56.2 Å². The second kappa shape index (κ2) is 6.41. The van der Waals surface area contributed by atoms with Crippen LogP contribution < -0.4 is 9.80 Å². The standard InChI is InChI=1S/C26H27N3/c1-19-11-5-7-13-21(19)26(2,3)29-18-28(23-15-9-10-16-24(23)29)25-17-20-12-6-8-14-22(20)27(25)4/h5-17H,18H2,1-4H3. The van der Waals surface area contributed by atoms with Crippen molar-refractivity contribution in [2.45, 2.75) is 26.3 Å². The molecule has 0 atom stereocenters. The van der Waals surface area contributed by atoms with E-state index in [9.17, 15) is 0 Å². The van der Waals surface area contributed by atoms with E-state index >= 15 is 0 Å².